The summed E-state index contributed by atoms with van der Waals surface area (Å²) >= 11 is 0. The summed E-state index contributed by atoms with van der Waals surface area (Å²) in [6, 6.07) is 12.4. The molecule has 178 valence electrons. The molecule has 0 fully saturated rings. The number of aromatic nitrogens is 2. The molecule has 1 amide bonds. The Labute approximate surface area is 207 Å². The molecule has 6 nitrogen and oxygen atoms in total. The molecule has 33 heavy (non-hydrogen) atoms. The van der Waals surface area contributed by atoms with Crippen LogP contribution in [0.1, 0.15) is 26.6 Å². The topological polar surface area (TPSA) is 63.3 Å². The van der Waals surface area contributed by atoms with Crippen molar-refractivity contribution in [3.63, 3.8) is 0 Å². The first-order valence-corrected chi connectivity index (χ1v) is 11.4. The summed E-state index contributed by atoms with van der Waals surface area (Å²) in [4.78, 5) is 12.8. The Morgan fingerprint density at radius 3 is 2.27 bits per heavy atom. The van der Waals surface area contributed by atoms with Crippen molar-refractivity contribution in [2.45, 2.75) is 44.3 Å². The van der Waals surface area contributed by atoms with Crippen molar-refractivity contribution < 1.29 is 54.9 Å². The van der Waals surface area contributed by atoms with Gasteiger partial charge >= 0.3 is 5.51 Å². The lowest BCUT2D eigenvalue weighted by molar-refractivity contribution is -0.670. The molecule has 3 aromatic rings. The van der Waals surface area contributed by atoms with E-state index < -0.39 is 20.2 Å². The summed E-state index contributed by atoms with van der Waals surface area (Å²) in [6.45, 7) is 5.97. The van der Waals surface area contributed by atoms with Crippen molar-refractivity contribution >= 4 is 38.5 Å². The number of hydrogen-bond acceptors (Lipinski definition) is 3. The maximum absolute atomic E-state index is 13.1. The number of sulfone groups is 1. The van der Waals surface area contributed by atoms with Gasteiger partial charge in [-0.25, -0.2) is 17.6 Å². The Morgan fingerprint density at radius 1 is 1.12 bits per heavy atom. The number of anilines is 1. The Bertz CT molecular complexity index is 1290. The standard InChI is InChI=1S/C22H23F3N3O3S.HI/c1-4-26-19-12-11-18(32(30,31)22(23,24)25)15-20(19)27(5-2)21(26)13-14-28(16(3)29)17-9-7-6-8-10-17;/h6-15H,4-5H2,1-3H3;1H/q+1;/p-1. The van der Waals surface area contributed by atoms with Crippen molar-refractivity contribution in [3.8, 4) is 0 Å². The lowest BCUT2D eigenvalue weighted by atomic mass is 10.3. The lowest BCUT2D eigenvalue weighted by Gasteiger charge is -2.15. The molecule has 3 rings (SSSR count). The van der Waals surface area contributed by atoms with Crippen molar-refractivity contribution in [2.75, 3.05) is 4.90 Å². The molecule has 0 radical (unpaired) electrons. The molecule has 0 unspecified atom stereocenters. The molecule has 0 N–H and O–H groups in total. The molecule has 0 aliphatic rings. The summed E-state index contributed by atoms with van der Waals surface area (Å²) in [5, 5.41) is 0. The van der Waals surface area contributed by atoms with Gasteiger partial charge in [-0.05, 0) is 38.1 Å². The average Bonchev–Trinajstić information content (AvgIpc) is 3.05. The molecule has 0 spiro atoms. The number of carbonyl (C=O) groups is 1. The van der Waals surface area contributed by atoms with Gasteiger partial charge < -0.3 is 24.0 Å². The zero-order valence-electron chi connectivity index (χ0n) is 18.2. The molecule has 1 aromatic heterocycles. The van der Waals surface area contributed by atoms with Gasteiger partial charge in [0.2, 0.25) is 5.91 Å². The predicted octanol–water partition coefficient (Wildman–Crippen LogP) is 1.29. The highest BCUT2D eigenvalue weighted by Crippen LogP contribution is 2.32. The second-order valence-electron chi connectivity index (χ2n) is 6.99. The van der Waals surface area contributed by atoms with Gasteiger partial charge in [-0.2, -0.15) is 13.2 Å². The number of carbonyl (C=O) groups excluding carboxylic acids is 1. The first-order chi connectivity index (χ1) is 15.0. The number of amides is 1. The molecule has 11 heteroatoms. The van der Waals surface area contributed by atoms with Crippen LogP contribution in [0.2, 0.25) is 0 Å². The zero-order valence-corrected chi connectivity index (χ0v) is 21.1. The minimum absolute atomic E-state index is 0. The van der Waals surface area contributed by atoms with Crippen LogP contribution < -0.4 is 33.4 Å². The highest BCUT2D eigenvalue weighted by Gasteiger charge is 2.47. The Balaban J connectivity index is 0.00000385. The van der Waals surface area contributed by atoms with E-state index in [4.69, 9.17) is 0 Å². The van der Waals surface area contributed by atoms with Gasteiger partial charge in [0, 0.05) is 31.0 Å². The second kappa shape index (κ2) is 10.2. The smallest absolute Gasteiger partial charge is 0.501 e. The number of para-hydroxylation sites is 1. The third-order valence-corrected chi connectivity index (χ3v) is 6.56. The van der Waals surface area contributed by atoms with Crippen LogP contribution >= 0.6 is 0 Å². The van der Waals surface area contributed by atoms with E-state index >= 15 is 0 Å². The molecule has 0 aliphatic heterocycles. The van der Waals surface area contributed by atoms with E-state index in [1.54, 1.807) is 41.1 Å². The molecule has 1 heterocycles. The number of fused-ring (bicyclic) bond motifs is 1. The van der Waals surface area contributed by atoms with Gasteiger partial charge in [0.05, 0.1) is 18.0 Å². The van der Waals surface area contributed by atoms with Crippen LogP contribution in [0.3, 0.4) is 0 Å². The first kappa shape index (κ1) is 26.8. The quantitative estimate of drug-likeness (QED) is 0.320. The molecule has 0 bridgehead atoms. The zero-order chi connectivity index (χ0) is 23.7. The minimum atomic E-state index is -5.47. The van der Waals surface area contributed by atoms with Crippen molar-refractivity contribution in [1.82, 2.24) is 4.57 Å². The third-order valence-electron chi connectivity index (χ3n) is 5.08. The Morgan fingerprint density at radius 2 is 1.76 bits per heavy atom. The fourth-order valence-electron chi connectivity index (χ4n) is 3.59. The highest BCUT2D eigenvalue weighted by atomic mass is 127. The van der Waals surface area contributed by atoms with Crippen LogP contribution in [-0.4, -0.2) is 24.4 Å². The van der Waals surface area contributed by atoms with E-state index in [1.165, 1.54) is 17.9 Å². The van der Waals surface area contributed by atoms with E-state index in [2.05, 4.69) is 0 Å². The Kier molecular flexibility index (Phi) is 8.33. The number of aryl methyl sites for hydroxylation is 2. The number of nitrogens with zero attached hydrogens (tertiary/aromatic N) is 3. The number of rotatable bonds is 6. The molecule has 0 saturated heterocycles. The fourth-order valence-corrected chi connectivity index (χ4v) is 4.37. The molecule has 2 aromatic carbocycles. The van der Waals surface area contributed by atoms with E-state index in [9.17, 15) is 26.4 Å². The molecular weight excluding hydrogens is 570 g/mol. The van der Waals surface area contributed by atoms with Crippen molar-refractivity contribution in [2.24, 2.45) is 0 Å². The van der Waals surface area contributed by atoms with E-state index in [0.717, 1.165) is 12.1 Å². The van der Waals surface area contributed by atoms with E-state index in [1.807, 2.05) is 24.5 Å². The van der Waals surface area contributed by atoms with Crippen LogP contribution in [0.4, 0.5) is 18.9 Å². The maximum atomic E-state index is 13.1. The highest BCUT2D eigenvalue weighted by molar-refractivity contribution is 7.92. The lowest BCUT2D eigenvalue weighted by Crippen LogP contribution is -3.00. The molecule has 0 atom stereocenters. The van der Waals surface area contributed by atoms with Crippen LogP contribution in [0, 0.1) is 0 Å². The largest absolute Gasteiger partial charge is 1.00 e. The summed E-state index contributed by atoms with van der Waals surface area (Å²) < 4.78 is 66.5. The van der Waals surface area contributed by atoms with Gasteiger partial charge in [-0.1, -0.05) is 18.2 Å². The summed E-state index contributed by atoms with van der Waals surface area (Å²) in [7, 11) is -5.47. The van der Waals surface area contributed by atoms with Gasteiger partial charge in [0.15, 0.2) is 11.0 Å². The monoisotopic (exact) mass is 593 g/mol. The van der Waals surface area contributed by atoms with Crippen molar-refractivity contribution in [1.29, 1.82) is 0 Å². The fraction of sp³-hybridized carbons (Fsp3) is 0.273. The van der Waals surface area contributed by atoms with Gasteiger partial charge in [-0.3, -0.25) is 9.69 Å². The van der Waals surface area contributed by atoms with Crippen LogP contribution in [0.25, 0.3) is 17.1 Å². The number of halogens is 4. The number of benzene rings is 2. The summed E-state index contributed by atoms with van der Waals surface area (Å²) in [5.41, 5.74) is -3.78. The maximum Gasteiger partial charge on any atom is 0.501 e. The number of imidazole rings is 1. The third kappa shape index (κ3) is 5.08. The van der Waals surface area contributed by atoms with Gasteiger partial charge in [0.1, 0.15) is 0 Å². The van der Waals surface area contributed by atoms with Crippen molar-refractivity contribution in [3.05, 3.63) is 60.6 Å². The van der Waals surface area contributed by atoms with Crippen LogP contribution in [0.5, 0.6) is 0 Å². The van der Waals surface area contributed by atoms with E-state index in [-0.39, 0.29) is 29.9 Å². The normalized spacial score (nSPS) is 12.2. The number of hydrogen-bond donors (Lipinski definition) is 0. The minimum Gasteiger partial charge on any atom is -1.00 e. The summed E-state index contributed by atoms with van der Waals surface area (Å²) in [5.74, 6) is 0.405. The van der Waals surface area contributed by atoms with E-state index in [0.29, 0.717) is 35.6 Å². The van der Waals surface area contributed by atoms with Gasteiger partial charge in [0.25, 0.3) is 15.7 Å². The molecule has 0 saturated carbocycles. The molecule has 0 aliphatic carbocycles. The first-order valence-electron chi connectivity index (χ1n) is 9.93. The second-order valence-corrected chi connectivity index (χ2v) is 8.93. The van der Waals surface area contributed by atoms with Crippen LogP contribution in [0.15, 0.2) is 59.6 Å². The molecular formula is C22H23F3IN3O3S. The SMILES string of the molecule is CCn1c(/C=C/N(C(C)=O)c2ccccc2)[n+](CC)c2ccc(S(=O)(=O)C(F)(F)F)cc21.[I-]. The summed E-state index contributed by atoms with van der Waals surface area (Å²) in [6.07, 6.45) is 3.29. The Hall–Kier alpha value is -2.41. The average molecular weight is 593 g/mol. The number of alkyl halides is 3. The van der Waals surface area contributed by atoms with Gasteiger partial charge in [-0.15, -0.1) is 0 Å². The van der Waals surface area contributed by atoms with Crippen LogP contribution in [-0.2, 0) is 27.7 Å². The predicted molar refractivity (Wildman–Crippen MR) is 115 cm³/mol.